The molecule has 1 fully saturated rings. The van der Waals surface area contributed by atoms with Crippen molar-refractivity contribution >= 4 is 33.0 Å². The molecule has 0 saturated carbocycles. The predicted molar refractivity (Wildman–Crippen MR) is 118 cm³/mol. The first-order valence-electron chi connectivity index (χ1n) is 10.2. The molecule has 2 amide bonds. The van der Waals surface area contributed by atoms with Gasteiger partial charge in [-0.2, -0.15) is 0 Å². The minimum absolute atomic E-state index is 0.000685. The molecule has 4 rings (SSSR count). The summed E-state index contributed by atoms with van der Waals surface area (Å²) in [7, 11) is -1.63. The van der Waals surface area contributed by atoms with Crippen LogP contribution in [-0.2, 0) is 19.4 Å². The largest absolute Gasteiger partial charge is 0.477 e. The number of fused-ring (bicyclic) bond motifs is 1. The summed E-state index contributed by atoms with van der Waals surface area (Å²) in [6.07, 6.45) is -0.339. The summed E-state index contributed by atoms with van der Waals surface area (Å²) in [6.45, 7) is 0.216. The second-order valence-electron chi connectivity index (χ2n) is 7.73. The lowest BCUT2D eigenvalue weighted by Crippen LogP contribution is -2.52. The van der Waals surface area contributed by atoms with Crippen molar-refractivity contribution in [1.29, 1.82) is 0 Å². The van der Waals surface area contributed by atoms with Crippen LogP contribution in [0.5, 0.6) is 5.75 Å². The average molecular weight is 444 g/mol. The van der Waals surface area contributed by atoms with Crippen LogP contribution in [0.2, 0.25) is 0 Å². The van der Waals surface area contributed by atoms with Crippen LogP contribution in [0.3, 0.4) is 0 Å². The molecule has 0 aliphatic carbocycles. The first-order chi connectivity index (χ1) is 14.9. The molecule has 0 aromatic heterocycles. The topological polar surface area (TPSA) is 96.0 Å². The zero-order valence-corrected chi connectivity index (χ0v) is 18.0. The number of anilines is 2. The molecule has 2 aromatic rings. The standard InChI is InChI=1S/C22H25N3O5S/c1-23-22(27)20-13-24(18-9-5-6-10-19(18)30-20)14-21(26)25(16-7-3-2-4-8-16)17-11-12-31(28,29)15-17/h2-10,17,20H,11-15H2,1H3,(H,23,27)/t17-,20+/m1/s1. The Bertz CT molecular complexity index is 1070. The molecule has 0 bridgehead atoms. The van der Waals surface area contributed by atoms with Crippen LogP contribution in [0.25, 0.3) is 0 Å². The van der Waals surface area contributed by atoms with Gasteiger partial charge in [0.2, 0.25) is 5.91 Å². The number of likely N-dealkylation sites (N-methyl/N-ethyl adjacent to an activating group) is 1. The maximum Gasteiger partial charge on any atom is 0.262 e. The van der Waals surface area contributed by atoms with Crippen molar-refractivity contribution < 1.29 is 22.7 Å². The Hall–Kier alpha value is -3.07. The smallest absolute Gasteiger partial charge is 0.262 e. The van der Waals surface area contributed by atoms with Gasteiger partial charge in [-0.15, -0.1) is 0 Å². The monoisotopic (exact) mass is 443 g/mol. The predicted octanol–water partition coefficient (Wildman–Crippen LogP) is 1.22. The van der Waals surface area contributed by atoms with Gasteiger partial charge in [0.15, 0.2) is 15.9 Å². The second kappa shape index (κ2) is 8.58. The van der Waals surface area contributed by atoms with E-state index >= 15 is 0 Å². The highest BCUT2D eigenvalue weighted by Crippen LogP contribution is 2.33. The quantitative estimate of drug-likeness (QED) is 0.747. The van der Waals surface area contributed by atoms with E-state index in [0.29, 0.717) is 17.9 Å². The van der Waals surface area contributed by atoms with E-state index in [0.717, 1.165) is 5.69 Å². The third-order valence-corrected chi connectivity index (χ3v) is 7.35. The lowest BCUT2D eigenvalue weighted by molar-refractivity contribution is -0.127. The first kappa shape index (κ1) is 21.2. The molecule has 2 aliphatic rings. The van der Waals surface area contributed by atoms with Gasteiger partial charge in [-0.3, -0.25) is 9.59 Å². The van der Waals surface area contributed by atoms with Crippen molar-refractivity contribution in [1.82, 2.24) is 5.32 Å². The summed E-state index contributed by atoms with van der Waals surface area (Å²) >= 11 is 0. The zero-order chi connectivity index (χ0) is 22.0. The van der Waals surface area contributed by atoms with Gasteiger partial charge in [-0.25, -0.2) is 8.42 Å². The molecule has 2 heterocycles. The molecule has 1 saturated heterocycles. The van der Waals surface area contributed by atoms with Gasteiger partial charge in [0.25, 0.3) is 5.91 Å². The summed E-state index contributed by atoms with van der Waals surface area (Å²) in [6, 6.07) is 16.0. The Morgan fingerprint density at radius 1 is 1.13 bits per heavy atom. The zero-order valence-electron chi connectivity index (χ0n) is 17.2. The van der Waals surface area contributed by atoms with E-state index in [1.807, 2.05) is 53.4 Å². The van der Waals surface area contributed by atoms with Crippen LogP contribution in [-0.4, -0.2) is 64.0 Å². The number of benzene rings is 2. The number of nitrogens with one attached hydrogen (secondary N) is 1. The van der Waals surface area contributed by atoms with Crippen LogP contribution in [0, 0.1) is 0 Å². The third-order valence-electron chi connectivity index (χ3n) is 5.60. The summed E-state index contributed by atoms with van der Waals surface area (Å²) in [5.41, 5.74) is 1.39. The van der Waals surface area contributed by atoms with Crippen molar-refractivity contribution in [3.8, 4) is 5.75 Å². The van der Waals surface area contributed by atoms with Crippen molar-refractivity contribution in [3.63, 3.8) is 0 Å². The first-order valence-corrected chi connectivity index (χ1v) is 12.0. The number of amides is 2. The number of ether oxygens (including phenoxy) is 1. The number of hydrogen-bond acceptors (Lipinski definition) is 6. The third kappa shape index (κ3) is 4.51. The summed E-state index contributed by atoms with van der Waals surface area (Å²) in [5, 5.41) is 2.59. The summed E-state index contributed by atoms with van der Waals surface area (Å²) in [5.74, 6) is 0.0704. The molecule has 0 spiro atoms. The van der Waals surface area contributed by atoms with E-state index < -0.39 is 22.0 Å². The Balaban J connectivity index is 1.63. The highest BCUT2D eigenvalue weighted by molar-refractivity contribution is 7.91. The van der Waals surface area contributed by atoms with Gasteiger partial charge >= 0.3 is 0 Å². The van der Waals surface area contributed by atoms with Gasteiger partial charge in [-0.05, 0) is 30.7 Å². The highest BCUT2D eigenvalue weighted by atomic mass is 32.2. The molecule has 2 aromatic carbocycles. The Morgan fingerprint density at radius 2 is 1.84 bits per heavy atom. The Morgan fingerprint density at radius 3 is 2.52 bits per heavy atom. The number of nitrogens with zero attached hydrogens (tertiary/aromatic N) is 2. The molecule has 9 heteroatoms. The highest BCUT2D eigenvalue weighted by Gasteiger charge is 2.37. The van der Waals surface area contributed by atoms with Gasteiger partial charge < -0.3 is 19.9 Å². The number of para-hydroxylation sites is 3. The Kier molecular flexibility index (Phi) is 5.86. The molecule has 31 heavy (non-hydrogen) atoms. The minimum Gasteiger partial charge on any atom is -0.477 e. The van der Waals surface area contributed by atoms with E-state index in [9.17, 15) is 18.0 Å². The van der Waals surface area contributed by atoms with Crippen LogP contribution in [0.1, 0.15) is 6.42 Å². The van der Waals surface area contributed by atoms with E-state index in [1.165, 1.54) is 0 Å². The molecular weight excluding hydrogens is 418 g/mol. The molecule has 8 nitrogen and oxygen atoms in total. The van der Waals surface area contributed by atoms with Crippen LogP contribution < -0.4 is 19.9 Å². The normalized spacial score (nSPS) is 21.6. The van der Waals surface area contributed by atoms with Gasteiger partial charge in [0.05, 0.1) is 36.3 Å². The lowest BCUT2D eigenvalue weighted by Gasteiger charge is -2.37. The van der Waals surface area contributed by atoms with E-state index in [1.54, 1.807) is 18.0 Å². The molecule has 2 atom stereocenters. The maximum absolute atomic E-state index is 13.5. The fourth-order valence-corrected chi connectivity index (χ4v) is 5.82. The molecule has 1 N–H and O–H groups in total. The fourth-order valence-electron chi connectivity index (χ4n) is 4.12. The van der Waals surface area contributed by atoms with E-state index in [-0.39, 0.29) is 36.4 Å². The lowest BCUT2D eigenvalue weighted by atomic mass is 10.1. The molecule has 0 unspecified atom stereocenters. The number of carbonyl (C=O) groups excluding carboxylic acids is 2. The van der Waals surface area contributed by atoms with E-state index in [2.05, 4.69) is 5.32 Å². The van der Waals surface area contributed by atoms with Crippen LogP contribution in [0.15, 0.2) is 54.6 Å². The van der Waals surface area contributed by atoms with Crippen molar-refractivity contribution in [2.75, 3.05) is 41.4 Å². The minimum atomic E-state index is -3.17. The molecule has 0 radical (unpaired) electrons. The van der Waals surface area contributed by atoms with Crippen molar-refractivity contribution in [2.45, 2.75) is 18.6 Å². The molecule has 164 valence electrons. The van der Waals surface area contributed by atoms with Gasteiger partial charge in [0, 0.05) is 12.7 Å². The van der Waals surface area contributed by atoms with Crippen molar-refractivity contribution in [2.24, 2.45) is 0 Å². The van der Waals surface area contributed by atoms with Crippen LogP contribution in [0.4, 0.5) is 11.4 Å². The van der Waals surface area contributed by atoms with Crippen LogP contribution >= 0.6 is 0 Å². The van der Waals surface area contributed by atoms with E-state index in [4.69, 9.17) is 4.74 Å². The average Bonchev–Trinajstić information content (AvgIpc) is 3.13. The van der Waals surface area contributed by atoms with Gasteiger partial charge in [0.1, 0.15) is 5.75 Å². The maximum atomic E-state index is 13.5. The molecular formula is C22H25N3O5S. The molecule has 2 aliphatic heterocycles. The number of carbonyl (C=O) groups is 2. The second-order valence-corrected chi connectivity index (χ2v) is 9.95. The van der Waals surface area contributed by atoms with Gasteiger partial charge in [-0.1, -0.05) is 30.3 Å². The Labute approximate surface area is 181 Å². The number of rotatable bonds is 5. The summed E-state index contributed by atoms with van der Waals surface area (Å²) < 4.78 is 30.0. The number of hydrogen-bond donors (Lipinski definition) is 1. The summed E-state index contributed by atoms with van der Waals surface area (Å²) in [4.78, 5) is 29.1. The fraction of sp³-hybridized carbons (Fsp3) is 0.364. The number of sulfone groups is 1. The van der Waals surface area contributed by atoms with Crippen molar-refractivity contribution in [3.05, 3.63) is 54.6 Å². The SMILES string of the molecule is CNC(=O)[C@@H]1CN(CC(=O)N(c2ccccc2)[C@@H]2CCS(=O)(=O)C2)c2ccccc2O1.